The summed E-state index contributed by atoms with van der Waals surface area (Å²) in [6.07, 6.45) is 0. The summed E-state index contributed by atoms with van der Waals surface area (Å²) < 4.78 is 38.2. The Morgan fingerprint density at radius 1 is 1.38 bits per heavy atom. The van der Waals surface area contributed by atoms with Gasteiger partial charge >= 0.3 is 5.97 Å². The van der Waals surface area contributed by atoms with Crippen molar-refractivity contribution < 1.29 is 22.7 Å². The first-order valence-corrected chi connectivity index (χ1v) is 8.02. The summed E-state index contributed by atoms with van der Waals surface area (Å²) in [4.78, 5) is 14.5. The Hall–Kier alpha value is -1.84. The average molecular weight is 330 g/mol. The van der Waals surface area contributed by atoms with Gasteiger partial charge < -0.3 is 5.11 Å². The van der Waals surface area contributed by atoms with E-state index in [1.807, 2.05) is 0 Å². The molecule has 0 bridgehead atoms. The number of benzene rings is 1. The van der Waals surface area contributed by atoms with Gasteiger partial charge in [-0.15, -0.1) is 11.3 Å². The molecule has 0 saturated carbocycles. The molecule has 2 aromatic rings. The van der Waals surface area contributed by atoms with Crippen LogP contribution in [0.3, 0.4) is 0 Å². The van der Waals surface area contributed by atoms with Crippen molar-refractivity contribution in [3.05, 3.63) is 46.9 Å². The van der Waals surface area contributed by atoms with Gasteiger partial charge in [-0.2, -0.15) is 4.31 Å². The van der Waals surface area contributed by atoms with Crippen LogP contribution in [0.5, 0.6) is 0 Å². The van der Waals surface area contributed by atoms with Crippen LogP contribution in [0.4, 0.5) is 4.39 Å². The molecule has 0 unspecified atom stereocenters. The second kappa shape index (κ2) is 5.88. The molecule has 0 amide bonds. The number of hydrogen-bond donors (Lipinski definition) is 1. The van der Waals surface area contributed by atoms with Crippen LogP contribution in [0.1, 0.15) is 16.1 Å². The van der Waals surface area contributed by atoms with Crippen LogP contribution in [0.2, 0.25) is 0 Å². The van der Waals surface area contributed by atoms with E-state index in [0.717, 1.165) is 15.6 Å². The first kappa shape index (κ1) is 15.5. The van der Waals surface area contributed by atoms with Crippen molar-refractivity contribution in [2.75, 3.05) is 7.05 Å². The van der Waals surface area contributed by atoms with Gasteiger partial charge in [-0.3, -0.25) is 0 Å². The van der Waals surface area contributed by atoms with Gasteiger partial charge in [0.2, 0.25) is 0 Å². The molecule has 0 aliphatic heterocycles. The maximum atomic E-state index is 12.8. The van der Waals surface area contributed by atoms with E-state index in [9.17, 15) is 17.6 Å². The van der Waals surface area contributed by atoms with E-state index in [-0.39, 0.29) is 10.8 Å². The zero-order chi connectivity index (χ0) is 15.6. The topological polar surface area (TPSA) is 87.6 Å². The second-order valence-corrected chi connectivity index (χ2v) is 7.28. The summed E-state index contributed by atoms with van der Waals surface area (Å²) in [6, 6.07) is 5.38. The molecule has 1 heterocycles. The van der Waals surface area contributed by atoms with Gasteiger partial charge in [0, 0.05) is 13.6 Å². The van der Waals surface area contributed by atoms with Crippen molar-refractivity contribution in [1.29, 1.82) is 0 Å². The van der Waals surface area contributed by atoms with E-state index in [0.29, 0.717) is 5.56 Å². The Bertz CT molecular complexity index is 756. The number of thiazole rings is 1. The molecule has 1 N–H and O–H groups in total. The zero-order valence-electron chi connectivity index (χ0n) is 10.9. The van der Waals surface area contributed by atoms with Crippen LogP contribution in [0.25, 0.3) is 0 Å². The van der Waals surface area contributed by atoms with Gasteiger partial charge in [-0.1, -0.05) is 12.1 Å². The molecule has 1 aromatic carbocycles. The lowest BCUT2D eigenvalue weighted by molar-refractivity contribution is 0.0687. The number of sulfonamides is 1. The highest BCUT2D eigenvalue weighted by Crippen LogP contribution is 2.24. The van der Waals surface area contributed by atoms with Gasteiger partial charge in [0.1, 0.15) is 5.82 Å². The van der Waals surface area contributed by atoms with E-state index in [1.165, 1.54) is 36.8 Å². The number of rotatable bonds is 5. The predicted molar refractivity (Wildman–Crippen MR) is 74.1 cm³/mol. The number of aromatic nitrogens is 1. The lowest BCUT2D eigenvalue weighted by Gasteiger charge is -2.16. The first-order chi connectivity index (χ1) is 9.82. The lowest BCUT2D eigenvalue weighted by atomic mass is 10.2. The number of carbonyl (C=O) groups is 1. The fourth-order valence-electron chi connectivity index (χ4n) is 1.63. The van der Waals surface area contributed by atoms with Crippen LogP contribution in [-0.2, 0) is 16.6 Å². The Morgan fingerprint density at radius 3 is 2.57 bits per heavy atom. The number of hydrogen-bond acceptors (Lipinski definition) is 5. The van der Waals surface area contributed by atoms with Crippen LogP contribution in [0.15, 0.2) is 34.0 Å². The van der Waals surface area contributed by atoms with Crippen molar-refractivity contribution in [3.63, 3.8) is 0 Å². The third-order valence-corrected chi connectivity index (χ3v) is 5.85. The van der Waals surface area contributed by atoms with Crippen LogP contribution in [0, 0.1) is 5.82 Å². The van der Waals surface area contributed by atoms with E-state index in [4.69, 9.17) is 5.11 Å². The number of aromatic carboxylic acids is 1. The van der Waals surface area contributed by atoms with Crippen LogP contribution in [-0.4, -0.2) is 35.8 Å². The summed E-state index contributed by atoms with van der Waals surface area (Å²) in [5, 5.41) is 8.94. The van der Waals surface area contributed by atoms with Crippen LogP contribution >= 0.6 is 11.3 Å². The molecule has 0 saturated heterocycles. The predicted octanol–water partition coefficient (Wildman–Crippen LogP) is 1.80. The summed E-state index contributed by atoms with van der Waals surface area (Å²) in [5.74, 6) is -1.81. The van der Waals surface area contributed by atoms with E-state index >= 15 is 0 Å². The summed E-state index contributed by atoms with van der Waals surface area (Å²) in [6.45, 7) is -0.000424. The minimum absolute atomic E-state index is 0.000424. The molecule has 21 heavy (non-hydrogen) atoms. The van der Waals surface area contributed by atoms with E-state index in [2.05, 4.69) is 4.98 Å². The van der Waals surface area contributed by atoms with Crippen molar-refractivity contribution in [2.45, 2.75) is 10.8 Å². The van der Waals surface area contributed by atoms with E-state index < -0.39 is 27.5 Å². The maximum Gasteiger partial charge on any atom is 0.356 e. The first-order valence-electron chi connectivity index (χ1n) is 5.70. The molecule has 0 fully saturated rings. The molecule has 0 atom stereocenters. The van der Waals surface area contributed by atoms with Gasteiger partial charge in [-0.05, 0) is 17.7 Å². The van der Waals surface area contributed by atoms with Gasteiger partial charge in [-0.25, -0.2) is 22.6 Å². The molecule has 1 aromatic heterocycles. The smallest absolute Gasteiger partial charge is 0.356 e. The summed E-state index contributed by atoms with van der Waals surface area (Å²) >= 11 is 0.745. The normalized spacial score (nSPS) is 11.8. The van der Waals surface area contributed by atoms with Crippen molar-refractivity contribution in [1.82, 2.24) is 9.29 Å². The van der Waals surface area contributed by atoms with Gasteiger partial charge in [0.25, 0.3) is 10.0 Å². The third-order valence-electron chi connectivity index (χ3n) is 2.70. The monoisotopic (exact) mass is 330 g/mol. The number of nitrogens with zero attached hydrogens (tertiary/aromatic N) is 2. The molecule has 0 aliphatic carbocycles. The highest BCUT2D eigenvalue weighted by Gasteiger charge is 2.29. The fourth-order valence-corrected chi connectivity index (χ4v) is 4.12. The van der Waals surface area contributed by atoms with Crippen molar-refractivity contribution in [2.24, 2.45) is 0 Å². The maximum absolute atomic E-state index is 12.8. The average Bonchev–Trinajstić information content (AvgIpc) is 2.91. The lowest BCUT2D eigenvalue weighted by Crippen LogP contribution is -2.27. The number of carboxylic acid groups (broad SMARTS) is 1. The molecule has 9 heteroatoms. The highest BCUT2D eigenvalue weighted by atomic mass is 32.2. The largest absolute Gasteiger partial charge is 0.476 e. The molecule has 0 radical (unpaired) electrons. The number of halogens is 1. The highest BCUT2D eigenvalue weighted by molar-refractivity contribution is 7.91. The minimum atomic E-state index is -3.96. The van der Waals surface area contributed by atoms with E-state index in [1.54, 1.807) is 0 Å². The zero-order valence-corrected chi connectivity index (χ0v) is 12.5. The van der Waals surface area contributed by atoms with Crippen molar-refractivity contribution >= 4 is 27.3 Å². The Kier molecular flexibility index (Phi) is 4.35. The molecule has 0 aliphatic rings. The SMILES string of the molecule is CN(Cc1ccc(F)cc1)S(=O)(=O)c1scnc1C(=O)O. The standard InChI is InChI=1S/C12H11FN2O4S2/c1-15(6-8-2-4-9(13)5-3-8)21(18,19)12-10(11(16)17)14-7-20-12/h2-5,7H,6H2,1H3,(H,16,17). The molecule has 2 rings (SSSR count). The number of carboxylic acids is 1. The molecule has 0 spiro atoms. The molecular weight excluding hydrogens is 319 g/mol. The third kappa shape index (κ3) is 3.26. The fraction of sp³-hybridized carbons (Fsp3) is 0.167. The molecular formula is C12H11FN2O4S2. The summed E-state index contributed by atoms with van der Waals surface area (Å²) in [5.41, 5.74) is 1.26. The Morgan fingerprint density at radius 2 is 2.00 bits per heavy atom. The van der Waals surface area contributed by atoms with Crippen molar-refractivity contribution in [3.8, 4) is 0 Å². The quantitative estimate of drug-likeness (QED) is 0.903. The molecule has 6 nitrogen and oxygen atoms in total. The van der Waals surface area contributed by atoms with Gasteiger partial charge in [0.05, 0.1) is 5.51 Å². The van der Waals surface area contributed by atoms with Crippen LogP contribution < -0.4 is 0 Å². The molecule has 112 valence electrons. The van der Waals surface area contributed by atoms with Gasteiger partial charge in [0.15, 0.2) is 9.90 Å². The Balaban J connectivity index is 2.28. The second-order valence-electron chi connectivity index (χ2n) is 4.18. The Labute approximate surface area is 124 Å². The minimum Gasteiger partial charge on any atom is -0.476 e. The summed E-state index contributed by atoms with van der Waals surface area (Å²) in [7, 11) is -2.64.